The third-order valence-electron chi connectivity index (χ3n) is 3.37. The highest BCUT2D eigenvalue weighted by molar-refractivity contribution is 7.89. The normalized spacial score (nSPS) is 11.6. The number of nitrogens with one attached hydrogen (secondary N) is 1. The van der Waals surface area contributed by atoms with E-state index in [2.05, 4.69) is 4.72 Å². The van der Waals surface area contributed by atoms with Gasteiger partial charge in [0, 0.05) is 6.54 Å². The number of hydrogen-bond donors (Lipinski definition) is 1. The fourth-order valence-corrected chi connectivity index (χ4v) is 3.14. The lowest BCUT2D eigenvalue weighted by molar-refractivity contribution is -0.387. The highest BCUT2D eigenvalue weighted by Gasteiger charge is 2.26. The van der Waals surface area contributed by atoms with Gasteiger partial charge in [0.15, 0.2) is 4.90 Å². The number of nitrogens with zero attached hydrogens (tertiary/aromatic N) is 1. The Labute approximate surface area is 124 Å². The second kappa shape index (κ2) is 7.37. The fourth-order valence-electron chi connectivity index (χ4n) is 1.88. The standard InChI is InChI=1S/C13H20N2O5S/c1-4-10(5-2)9-14-21(18,19)13-7-6-11(20-3)8-12(13)15(16)17/h6-8,10,14H,4-5,9H2,1-3H3. The highest BCUT2D eigenvalue weighted by atomic mass is 32.2. The number of hydrogen-bond acceptors (Lipinski definition) is 5. The quantitative estimate of drug-likeness (QED) is 0.586. The van der Waals surface area contributed by atoms with E-state index in [0.717, 1.165) is 18.9 Å². The molecule has 0 aliphatic heterocycles. The molecule has 118 valence electrons. The minimum Gasteiger partial charge on any atom is -0.497 e. The van der Waals surface area contributed by atoms with Crippen LogP contribution in [-0.2, 0) is 10.0 Å². The maximum Gasteiger partial charge on any atom is 0.293 e. The Morgan fingerprint density at radius 3 is 2.43 bits per heavy atom. The largest absolute Gasteiger partial charge is 0.497 e. The van der Waals surface area contributed by atoms with E-state index < -0.39 is 20.6 Å². The third kappa shape index (κ3) is 4.40. The first-order chi connectivity index (χ1) is 9.85. The van der Waals surface area contributed by atoms with Crippen molar-refractivity contribution in [2.75, 3.05) is 13.7 Å². The first kappa shape index (κ1) is 17.4. The molecule has 0 fully saturated rings. The van der Waals surface area contributed by atoms with Crippen molar-refractivity contribution in [1.82, 2.24) is 4.72 Å². The van der Waals surface area contributed by atoms with Gasteiger partial charge in [0.2, 0.25) is 10.0 Å². The number of benzene rings is 1. The lowest BCUT2D eigenvalue weighted by Gasteiger charge is -2.14. The van der Waals surface area contributed by atoms with Gasteiger partial charge in [0.25, 0.3) is 5.69 Å². The summed E-state index contributed by atoms with van der Waals surface area (Å²) in [5.74, 6) is 0.442. The van der Waals surface area contributed by atoms with Gasteiger partial charge in [-0.05, 0) is 18.1 Å². The van der Waals surface area contributed by atoms with E-state index in [1.165, 1.54) is 19.2 Å². The van der Waals surface area contributed by atoms with Gasteiger partial charge in [-0.2, -0.15) is 0 Å². The van der Waals surface area contributed by atoms with E-state index in [1.807, 2.05) is 13.8 Å². The van der Waals surface area contributed by atoms with Crippen molar-refractivity contribution in [2.24, 2.45) is 5.92 Å². The maximum absolute atomic E-state index is 12.2. The van der Waals surface area contributed by atoms with Crippen molar-refractivity contribution in [3.8, 4) is 5.75 Å². The van der Waals surface area contributed by atoms with Crippen LogP contribution >= 0.6 is 0 Å². The van der Waals surface area contributed by atoms with Crippen LogP contribution in [0.1, 0.15) is 26.7 Å². The molecule has 0 amide bonds. The summed E-state index contributed by atoms with van der Waals surface area (Å²) in [6, 6.07) is 3.68. The van der Waals surface area contributed by atoms with Crippen LogP contribution in [0, 0.1) is 16.0 Å². The van der Waals surface area contributed by atoms with Gasteiger partial charge in [-0.1, -0.05) is 26.7 Å². The second-order valence-corrected chi connectivity index (χ2v) is 6.36. The van der Waals surface area contributed by atoms with Crippen LogP contribution in [0.2, 0.25) is 0 Å². The Morgan fingerprint density at radius 1 is 1.33 bits per heavy atom. The van der Waals surface area contributed by atoms with Crippen LogP contribution in [-0.4, -0.2) is 27.0 Å². The molecular formula is C13H20N2O5S. The molecule has 7 nitrogen and oxygen atoms in total. The van der Waals surface area contributed by atoms with Gasteiger partial charge in [-0.3, -0.25) is 10.1 Å². The lowest BCUT2D eigenvalue weighted by atomic mass is 10.0. The number of ether oxygens (including phenoxy) is 1. The summed E-state index contributed by atoms with van der Waals surface area (Å²) in [5.41, 5.74) is -0.494. The molecular weight excluding hydrogens is 296 g/mol. The molecule has 0 atom stereocenters. The molecule has 0 saturated carbocycles. The average Bonchev–Trinajstić information content (AvgIpc) is 2.47. The Bertz CT molecular complexity index is 597. The molecule has 0 aromatic heterocycles. The van der Waals surface area contributed by atoms with Crippen molar-refractivity contribution < 1.29 is 18.1 Å². The monoisotopic (exact) mass is 316 g/mol. The van der Waals surface area contributed by atoms with Crippen molar-refractivity contribution >= 4 is 15.7 Å². The Balaban J connectivity index is 3.10. The van der Waals surface area contributed by atoms with Crippen LogP contribution in [0.25, 0.3) is 0 Å². The Morgan fingerprint density at radius 2 is 1.95 bits per heavy atom. The van der Waals surface area contributed by atoms with Gasteiger partial charge in [-0.25, -0.2) is 13.1 Å². The van der Waals surface area contributed by atoms with Gasteiger partial charge in [0.05, 0.1) is 18.1 Å². The molecule has 0 unspecified atom stereocenters. The summed E-state index contributed by atoms with van der Waals surface area (Å²) in [6.07, 6.45) is 1.67. The Kier molecular flexibility index (Phi) is 6.10. The SMILES string of the molecule is CCC(CC)CNS(=O)(=O)c1ccc(OC)cc1[N+](=O)[O-]. The molecule has 1 aromatic carbocycles. The van der Waals surface area contributed by atoms with Crippen molar-refractivity contribution in [1.29, 1.82) is 0 Å². The van der Waals surface area contributed by atoms with Gasteiger partial charge >= 0.3 is 0 Å². The van der Waals surface area contributed by atoms with Crippen LogP contribution in [0.3, 0.4) is 0 Å². The number of rotatable bonds is 8. The minimum absolute atomic E-state index is 0.206. The molecule has 0 saturated heterocycles. The molecule has 0 radical (unpaired) electrons. The van der Waals surface area contributed by atoms with E-state index in [1.54, 1.807) is 0 Å². The molecule has 0 spiro atoms. The van der Waals surface area contributed by atoms with Crippen molar-refractivity contribution in [3.63, 3.8) is 0 Å². The summed E-state index contributed by atoms with van der Waals surface area (Å²) in [7, 11) is -2.56. The zero-order valence-corrected chi connectivity index (χ0v) is 13.1. The topological polar surface area (TPSA) is 98.5 Å². The predicted octanol–water partition coefficient (Wildman–Crippen LogP) is 2.32. The van der Waals surface area contributed by atoms with E-state index >= 15 is 0 Å². The number of methoxy groups -OCH3 is 1. The first-order valence-corrected chi connectivity index (χ1v) is 8.16. The average molecular weight is 316 g/mol. The molecule has 8 heteroatoms. The number of sulfonamides is 1. The summed E-state index contributed by atoms with van der Waals surface area (Å²) >= 11 is 0. The third-order valence-corrected chi connectivity index (χ3v) is 4.84. The fraction of sp³-hybridized carbons (Fsp3) is 0.538. The van der Waals surface area contributed by atoms with Crippen LogP contribution in [0.15, 0.2) is 23.1 Å². The molecule has 1 rings (SSSR count). The molecule has 21 heavy (non-hydrogen) atoms. The van der Waals surface area contributed by atoms with E-state index in [9.17, 15) is 18.5 Å². The van der Waals surface area contributed by atoms with Gasteiger partial charge in [-0.15, -0.1) is 0 Å². The highest BCUT2D eigenvalue weighted by Crippen LogP contribution is 2.28. The van der Waals surface area contributed by atoms with Crippen LogP contribution in [0.5, 0.6) is 5.75 Å². The summed E-state index contributed by atoms with van der Waals surface area (Å²) < 4.78 is 31.8. The molecule has 0 aliphatic rings. The summed E-state index contributed by atoms with van der Waals surface area (Å²) in [6.45, 7) is 4.20. The first-order valence-electron chi connectivity index (χ1n) is 6.67. The number of nitro groups is 1. The molecule has 0 aliphatic carbocycles. The Hall–Kier alpha value is -1.67. The molecule has 0 heterocycles. The van der Waals surface area contributed by atoms with Crippen molar-refractivity contribution in [3.05, 3.63) is 28.3 Å². The lowest BCUT2D eigenvalue weighted by Crippen LogP contribution is -2.29. The minimum atomic E-state index is -3.92. The smallest absolute Gasteiger partial charge is 0.293 e. The summed E-state index contributed by atoms with van der Waals surface area (Å²) in [4.78, 5) is 9.97. The van der Waals surface area contributed by atoms with E-state index in [-0.39, 0.29) is 23.1 Å². The molecule has 1 N–H and O–H groups in total. The van der Waals surface area contributed by atoms with E-state index in [0.29, 0.717) is 0 Å². The molecule has 1 aromatic rings. The van der Waals surface area contributed by atoms with Crippen LogP contribution in [0.4, 0.5) is 5.69 Å². The van der Waals surface area contributed by atoms with Crippen molar-refractivity contribution in [2.45, 2.75) is 31.6 Å². The van der Waals surface area contributed by atoms with E-state index in [4.69, 9.17) is 4.74 Å². The van der Waals surface area contributed by atoms with Crippen LogP contribution < -0.4 is 9.46 Å². The maximum atomic E-state index is 12.2. The summed E-state index contributed by atoms with van der Waals surface area (Å²) in [5, 5.41) is 11.0. The van der Waals surface area contributed by atoms with Gasteiger partial charge in [0.1, 0.15) is 5.75 Å². The second-order valence-electron chi connectivity index (χ2n) is 4.63. The number of nitro benzene ring substituents is 1. The zero-order valence-electron chi connectivity index (χ0n) is 12.3. The van der Waals surface area contributed by atoms with Gasteiger partial charge < -0.3 is 4.74 Å². The molecule has 0 bridgehead atoms. The predicted molar refractivity (Wildman–Crippen MR) is 78.9 cm³/mol. The zero-order chi connectivity index (χ0) is 16.0.